The molecule has 3 nitrogen and oxygen atoms in total. The van der Waals surface area contributed by atoms with Gasteiger partial charge in [-0.3, -0.25) is 5.41 Å². The Bertz CT molecular complexity index is 172. The van der Waals surface area contributed by atoms with Crippen LogP contribution in [0.1, 0.15) is 20.8 Å². The summed E-state index contributed by atoms with van der Waals surface area (Å²) in [7, 11) is 0. The molecule has 0 saturated carbocycles. The minimum Gasteiger partial charge on any atom is -0.378 e. The van der Waals surface area contributed by atoms with Crippen LogP contribution in [0.4, 0.5) is 0 Å². The maximum Gasteiger partial charge on any atom is 0.123 e. The van der Waals surface area contributed by atoms with Crippen LogP contribution in [0, 0.1) is 5.41 Å². The van der Waals surface area contributed by atoms with E-state index in [9.17, 15) is 0 Å². The summed E-state index contributed by atoms with van der Waals surface area (Å²) in [6.07, 6.45) is 0. The fourth-order valence-electron chi connectivity index (χ4n) is 1.06. The van der Waals surface area contributed by atoms with Gasteiger partial charge in [-0.25, -0.2) is 0 Å². The van der Waals surface area contributed by atoms with Crippen molar-refractivity contribution in [2.24, 2.45) is 0 Å². The molecule has 0 spiro atoms. The Balaban J connectivity index is 0.000000671. The van der Waals surface area contributed by atoms with Crippen LogP contribution in [0.15, 0.2) is 12.2 Å². The van der Waals surface area contributed by atoms with Gasteiger partial charge in [0, 0.05) is 13.1 Å². The molecule has 0 bridgehead atoms. The van der Waals surface area contributed by atoms with E-state index in [2.05, 4.69) is 6.58 Å². The van der Waals surface area contributed by atoms with Crippen molar-refractivity contribution >= 4 is 5.84 Å². The van der Waals surface area contributed by atoms with Gasteiger partial charge in [0.1, 0.15) is 5.84 Å². The average Bonchev–Trinajstić information content (AvgIpc) is 2.21. The van der Waals surface area contributed by atoms with Crippen molar-refractivity contribution in [1.82, 2.24) is 4.90 Å². The zero-order valence-corrected chi connectivity index (χ0v) is 8.89. The average molecular weight is 184 g/mol. The third-order valence-corrected chi connectivity index (χ3v) is 1.73. The molecule has 0 amide bonds. The fraction of sp³-hybridized carbons (Fsp3) is 0.700. The van der Waals surface area contributed by atoms with Crippen LogP contribution in [0.2, 0.25) is 0 Å². The zero-order chi connectivity index (χ0) is 10.3. The summed E-state index contributed by atoms with van der Waals surface area (Å²) in [6, 6.07) is 0. The van der Waals surface area contributed by atoms with E-state index in [4.69, 9.17) is 10.1 Å². The number of morpholine rings is 1. The summed E-state index contributed by atoms with van der Waals surface area (Å²) in [4.78, 5) is 1.99. The molecule has 1 N–H and O–H groups in total. The Hall–Kier alpha value is -0.830. The van der Waals surface area contributed by atoms with E-state index in [0.717, 1.165) is 31.9 Å². The highest BCUT2D eigenvalue weighted by atomic mass is 16.5. The van der Waals surface area contributed by atoms with Gasteiger partial charge in [-0.2, -0.15) is 0 Å². The van der Waals surface area contributed by atoms with Gasteiger partial charge in [-0.05, 0) is 12.5 Å². The van der Waals surface area contributed by atoms with Crippen LogP contribution in [0.3, 0.4) is 0 Å². The molecule has 0 aromatic heterocycles. The van der Waals surface area contributed by atoms with Crippen LogP contribution >= 0.6 is 0 Å². The normalized spacial score (nSPS) is 15.8. The first-order chi connectivity index (χ1) is 6.22. The number of nitrogens with one attached hydrogen (secondary N) is 1. The van der Waals surface area contributed by atoms with Crippen LogP contribution in [0.25, 0.3) is 0 Å². The Kier molecular flexibility index (Phi) is 6.24. The first kappa shape index (κ1) is 12.2. The van der Waals surface area contributed by atoms with Crippen molar-refractivity contribution in [3.05, 3.63) is 12.2 Å². The second-order valence-corrected chi connectivity index (χ2v) is 2.73. The summed E-state index contributed by atoms with van der Waals surface area (Å²) in [5, 5.41) is 7.61. The summed E-state index contributed by atoms with van der Waals surface area (Å²) < 4.78 is 5.16. The molecule has 0 aromatic rings. The van der Waals surface area contributed by atoms with E-state index in [-0.39, 0.29) is 0 Å². The van der Waals surface area contributed by atoms with E-state index in [1.165, 1.54) is 0 Å². The van der Waals surface area contributed by atoms with Crippen molar-refractivity contribution in [2.45, 2.75) is 20.8 Å². The Morgan fingerprint density at radius 1 is 1.31 bits per heavy atom. The Morgan fingerprint density at radius 3 is 2.15 bits per heavy atom. The number of ether oxygens (including phenoxy) is 1. The minimum atomic E-state index is 0.549. The van der Waals surface area contributed by atoms with Gasteiger partial charge in [0.05, 0.1) is 13.2 Å². The van der Waals surface area contributed by atoms with Crippen LogP contribution in [-0.4, -0.2) is 37.0 Å². The van der Waals surface area contributed by atoms with E-state index >= 15 is 0 Å². The van der Waals surface area contributed by atoms with Crippen LogP contribution in [-0.2, 0) is 4.74 Å². The Morgan fingerprint density at radius 2 is 1.77 bits per heavy atom. The highest BCUT2D eigenvalue weighted by Gasteiger charge is 2.13. The molecule has 3 heteroatoms. The molecule has 0 aromatic carbocycles. The lowest BCUT2D eigenvalue weighted by atomic mass is 10.2. The standard InChI is InChI=1S/C8H14N2O.C2H6/c1-7(2)8(9)10-3-5-11-6-4-10;1-2/h9H,1,3-6H2,2H3;1-2H3. The Labute approximate surface area is 80.9 Å². The van der Waals surface area contributed by atoms with E-state index in [0.29, 0.717) is 5.84 Å². The van der Waals surface area contributed by atoms with Crippen molar-refractivity contribution < 1.29 is 4.74 Å². The van der Waals surface area contributed by atoms with E-state index in [1.807, 2.05) is 25.7 Å². The number of amidine groups is 1. The van der Waals surface area contributed by atoms with Crippen molar-refractivity contribution in [2.75, 3.05) is 26.3 Å². The quantitative estimate of drug-likeness (QED) is 0.499. The predicted molar refractivity (Wildman–Crippen MR) is 56.3 cm³/mol. The summed E-state index contributed by atoms with van der Waals surface area (Å²) in [5.41, 5.74) is 0.826. The zero-order valence-electron chi connectivity index (χ0n) is 8.89. The summed E-state index contributed by atoms with van der Waals surface area (Å²) in [6.45, 7) is 12.7. The van der Waals surface area contributed by atoms with Gasteiger partial charge in [-0.15, -0.1) is 0 Å². The number of rotatable bonds is 1. The molecule has 1 aliphatic heterocycles. The molecule has 13 heavy (non-hydrogen) atoms. The molecule has 1 rings (SSSR count). The minimum absolute atomic E-state index is 0.549. The largest absolute Gasteiger partial charge is 0.378 e. The van der Waals surface area contributed by atoms with Gasteiger partial charge in [0.2, 0.25) is 0 Å². The second-order valence-electron chi connectivity index (χ2n) is 2.73. The summed E-state index contributed by atoms with van der Waals surface area (Å²) in [5.74, 6) is 0.549. The molecular weight excluding hydrogens is 164 g/mol. The van der Waals surface area contributed by atoms with Gasteiger partial charge in [0.25, 0.3) is 0 Å². The van der Waals surface area contributed by atoms with Crippen molar-refractivity contribution in [3.8, 4) is 0 Å². The van der Waals surface area contributed by atoms with Crippen LogP contribution < -0.4 is 0 Å². The molecule has 1 fully saturated rings. The van der Waals surface area contributed by atoms with Crippen molar-refractivity contribution in [3.63, 3.8) is 0 Å². The second kappa shape index (κ2) is 6.66. The van der Waals surface area contributed by atoms with E-state index in [1.54, 1.807) is 0 Å². The smallest absolute Gasteiger partial charge is 0.123 e. The lowest BCUT2D eigenvalue weighted by Gasteiger charge is -2.28. The maximum atomic E-state index is 7.61. The molecular formula is C10H20N2O. The number of nitrogens with zero attached hydrogens (tertiary/aromatic N) is 1. The lowest BCUT2D eigenvalue weighted by Crippen LogP contribution is -2.40. The topological polar surface area (TPSA) is 36.3 Å². The third-order valence-electron chi connectivity index (χ3n) is 1.73. The molecule has 1 heterocycles. The number of hydrogen-bond acceptors (Lipinski definition) is 2. The van der Waals surface area contributed by atoms with Gasteiger partial charge >= 0.3 is 0 Å². The molecule has 0 atom stereocenters. The first-order valence-corrected chi connectivity index (χ1v) is 4.79. The van der Waals surface area contributed by atoms with Gasteiger partial charge < -0.3 is 9.64 Å². The highest BCUT2D eigenvalue weighted by molar-refractivity contribution is 5.94. The number of hydrogen-bond donors (Lipinski definition) is 1. The maximum absolute atomic E-state index is 7.61. The van der Waals surface area contributed by atoms with Crippen molar-refractivity contribution in [1.29, 1.82) is 5.41 Å². The molecule has 1 saturated heterocycles. The molecule has 0 aliphatic carbocycles. The SMILES string of the molecule is C=C(C)C(=N)N1CCOCC1.CC. The first-order valence-electron chi connectivity index (χ1n) is 4.79. The van der Waals surface area contributed by atoms with Gasteiger partial charge in [0.15, 0.2) is 0 Å². The van der Waals surface area contributed by atoms with Crippen LogP contribution in [0.5, 0.6) is 0 Å². The highest BCUT2D eigenvalue weighted by Crippen LogP contribution is 2.02. The molecule has 1 aliphatic rings. The summed E-state index contributed by atoms with van der Waals surface area (Å²) >= 11 is 0. The molecule has 0 unspecified atom stereocenters. The monoisotopic (exact) mass is 184 g/mol. The lowest BCUT2D eigenvalue weighted by molar-refractivity contribution is 0.0679. The third kappa shape index (κ3) is 4.08. The fourth-order valence-corrected chi connectivity index (χ4v) is 1.06. The van der Waals surface area contributed by atoms with Gasteiger partial charge in [-0.1, -0.05) is 20.4 Å². The van der Waals surface area contributed by atoms with E-state index < -0.39 is 0 Å². The molecule has 76 valence electrons. The predicted octanol–water partition coefficient (Wildman–Crippen LogP) is 1.90. The molecule has 0 radical (unpaired) electrons.